The normalized spacial score (nSPS) is 11.0. The van der Waals surface area contributed by atoms with Crippen LogP contribution in [0.25, 0.3) is 17.2 Å². The molecule has 0 aromatic heterocycles. The quantitative estimate of drug-likeness (QED) is 0.349. The van der Waals surface area contributed by atoms with Crippen molar-refractivity contribution in [3.63, 3.8) is 0 Å². The summed E-state index contributed by atoms with van der Waals surface area (Å²) < 4.78 is 6.09. The molecule has 4 aromatic carbocycles. The van der Waals surface area contributed by atoms with Crippen LogP contribution in [0.4, 0.5) is 0 Å². The Morgan fingerprint density at radius 2 is 1.33 bits per heavy atom. The maximum atomic E-state index is 12.3. The second kappa shape index (κ2) is 10.1. The fourth-order valence-electron chi connectivity index (χ4n) is 3.27. The molecular weight excluding hydrogens is 414 g/mol. The summed E-state index contributed by atoms with van der Waals surface area (Å²) in [7, 11) is 0. The van der Waals surface area contributed by atoms with Crippen molar-refractivity contribution >= 4 is 18.0 Å². The van der Waals surface area contributed by atoms with E-state index in [2.05, 4.69) is 5.32 Å². The number of rotatable bonds is 7. The predicted molar refractivity (Wildman–Crippen MR) is 128 cm³/mol. The number of nitrogens with one attached hydrogen (secondary N) is 1. The Morgan fingerprint density at radius 1 is 0.727 bits per heavy atom. The van der Waals surface area contributed by atoms with Crippen molar-refractivity contribution in [1.82, 2.24) is 5.32 Å². The summed E-state index contributed by atoms with van der Waals surface area (Å²) in [6, 6.07) is 33.2. The minimum atomic E-state index is -1.23. The molecule has 2 N–H and O–H groups in total. The molecule has 0 aliphatic carbocycles. The SMILES string of the molecule is O=C(O)/C(=C/c1ccc(Oc2ccccc2-c2ccccc2)cc1)NC(=O)c1ccccc1. The molecule has 0 heterocycles. The van der Waals surface area contributed by atoms with E-state index in [-0.39, 0.29) is 5.70 Å². The fraction of sp³-hybridized carbons (Fsp3) is 0. The maximum absolute atomic E-state index is 12.3. The van der Waals surface area contributed by atoms with Crippen molar-refractivity contribution in [3.05, 3.63) is 126 Å². The van der Waals surface area contributed by atoms with Gasteiger partial charge in [0.25, 0.3) is 5.91 Å². The third-order valence-electron chi connectivity index (χ3n) is 4.91. The lowest BCUT2D eigenvalue weighted by molar-refractivity contribution is -0.132. The average molecular weight is 435 g/mol. The summed E-state index contributed by atoms with van der Waals surface area (Å²) in [5.74, 6) is -0.382. The first-order valence-electron chi connectivity index (χ1n) is 10.3. The average Bonchev–Trinajstić information content (AvgIpc) is 2.86. The minimum absolute atomic E-state index is 0.216. The number of aliphatic carboxylic acids is 1. The highest BCUT2D eigenvalue weighted by Crippen LogP contribution is 2.33. The van der Waals surface area contributed by atoms with Gasteiger partial charge in [-0.1, -0.05) is 78.9 Å². The van der Waals surface area contributed by atoms with E-state index in [0.717, 1.165) is 11.1 Å². The number of para-hydroxylation sites is 1. The highest BCUT2D eigenvalue weighted by atomic mass is 16.5. The van der Waals surface area contributed by atoms with Gasteiger partial charge in [0.2, 0.25) is 0 Å². The molecular formula is C28H21NO4. The summed E-state index contributed by atoms with van der Waals surface area (Å²) in [5.41, 5.74) is 2.80. The predicted octanol–water partition coefficient (Wildman–Crippen LogP) is 6.00. The van der Waals surface area contributed by atoms with E-state index in [0.29, 0.717) is 22.6 Å². The number of hydrogen-bond acceptors (Lipinski definition) is 3. The molecule has 0 saturated carbocycles. The zero-order valence-electron chi connectivity index (χ0n) is 17.6. The van der Waals surface area contributed by atoms with Crippen LogP contribution in [0.15, 0.2) is 115 Å². The van der Waals surface area contributed by atoms with Crippen LogP contribution in [0.3, 0.4) is 0 Å². The van der Waals surface area contributed by atoms with Gasteiger partial charge in [-0.15, -0.1) is 0 Å². The van der Waals surface area contributed by atoms with E-state index in [1.54, 1.807) is 54.6 Å². The number of carboxylic acid groups (broad SMARTS) is 1. The van der Waals surface area contributed by atoms with E-state index >= 15 is 0 Å². The topological polar surface area (TPSA) is 75.6 Å². The van der Waals surface area contributed by atoms with Crippen LogP contribution in [0.1, 0.15) is 15.9 Å². The monoisotopic (exact) mass is 435 g/mol. The lowest BCUT2D eigenvalue weighted by atomic mass is 10.0. The van der Waals surface area contributed by atoms with Gasteiger partial charge < -0.3 is 15.2 Å². The van der Waals surface area contributed by atoms with Crippen LogP contribution in [-0.2, 0) is 4.79 Å². The molecule has 162 valence electrons. The summed E-state index contributed by atoms with van der Waals surface area (Å²) in [6.45, 7) is 0. The van der Waals surface area contributed by atoms with Gasteiger partial charge in [0.05, 0.1) is 0 Å². The third kappa shape index (κ3) is 5.54. The van der Waals surface area contributed by atoms with Gasteiger partial charge >= 0.3 is 5.97 Å². The van der Waals surface area contributed by atoms with Crippen LogP contribution in [0.5, 0.6) is 11.5 Å². The van der Waals surface area contributed by atoms with E-state index in [1.807, 2.05) is 54.6 Å². The van der Waals surface area contributed by atoms with Gasteiger partial charge in [-0.25, -0.2) is 4.79 Å². The standard InChI is InChI=1S/C28H21NO4/c30-27(22-11-5-2-6-12-22)29-25(28(31)32)19-20-15-17-23(18-16-20)33-26-14-8-7-13-24(26)21-9-3-1-4-10-21/h1-19H,(H,29,30)(H,31,32)/b25-19-. The number of hydrogen-bond donors (Lipinski definition) is 2. The molecule has 0 spiro atoms. The van der Waals surface area contributed by atoms with Gasteiger partial charge in [0.15, 0.2) is 0 Å². The second-order valence-electron chi connectivity index (χ2n) is 7.22. The molecule has 5 heteroatoms. The van der Waals surface area contributed by atoms with E-state index in [1.165, 1.54) is 6.08 Å². The number of ether oxygens (including phenoxy) is 1. The molecule has 0 fully saturated rings. The lowest BCUT2D eigenvalue weighted by Gasteiger charge is -2.12. The van der Waals surface area contributed by atoms with Gasteiger partial charge in [-0.3, -0.25) is 4.79 Å². The van der Waals surface area contributed by atoms with E-state index < -0.39 is 11.9 Å². The van der Waals surface area contributed by atoms with Crippen LogP contribution in [0, 0.1) is 0 Å². The smallest absolute Gasteiger partial charge is 0.352 e. The summed E-state index contributed by atoms with van der Waals surface area (Å²) in [6.07, 6.45) is 1.41. The summed E-state index contributed by atoms with van der Waals surface area (Å²) in [5, 5.41) is 12.0. The van der Waals surface area contributed by atoms with Gasteiger partial charge in [-0.05, 0) is 47.5 Å². The number of benzene rings is 4. The van der Waals surface area contributed by atoms with Crippen molar-refractivity contribution in [2.75, 3.05) is 0 Å². The Kier molecular flexibility index (Phi) is 6.61. The second-order valence-corrected chi connectivity index (χ2v) is 7.22. The van der Waals surface area contributed by atoms with Crippen molar-refractivity contribution < 1.29 is 19.4 Å². The van der Waals surface area contributed by atoms with Gasteiger partial charge in [0, 0.05) is 11.1 Å². The molecule has 0 unspecified atom stereocenters. The summed E-state index contributed by atoms with van der Waals surface area (Å²) >= 11 is 0. The first kappa shape index (κ1) is 21.6. The highest BCUT2D eigenvalue weighted by molar-refractivity contribution is 6.02. The molecule has 5 nitrogen and oxygen atoms in total. The van der Waals surface area contributed by atoms with Crippen LogP contribution in [0.2, 0.25) is 0 Å². The zero-order chi connectivity index (χ0) is 23.0. The first-order chi connectivity index (χ1) is 16.1. The molecule has 33 heavy (non-hydrogen) atoms. The van der Waals surface area contributed by atoms with E-state index in [9.17, 15) is 14.7 Å². The number of carbonyl (C=O) groups is 2. The summed E-state index contributed by atoms with van der Waals surface area (Å²) in [4.78, 5) is 24.0. The third-order valence-corrected chi connectivity index (χ3v) is 4.91. The van der Waals surface area contributed by atoms with Crippen LogP contribution >= 0.6 is 0 Å². The highest BCUT2D eigenvalue weighted by Gasteiger charge is 2.13. The Balaban J connectivity index is 1.52. The largest absolute Gasteiger partial charge is 0.477 e. The zero-order valence-corrected chi connectivity index (χ0v) is 17.6. The van der Waals surface area contributed by atoms with Crippen LogP contribution in [-0.4, -0.2) is 17.0 Å². The molecule has 4 aromatic rings. The Morgan fingerprint density at radius 3 is 2.00 bits per heavy atom. The Bertz CT molecular complexity index is 1280. The lowest BCUT2D eigenvalue weighted by Crippen LogP contribution is -2.27. The molecule has 4 rings (SSSR count). The number of carboxylic acids is 1. The number of amides is 1. The molecule has 0 radical (unpaired) electrons. The Labute approximate surface area is 191 Å². The van der Waals surface area contributed by atoms with Crippen molar-refractivity contribution in [1.29, 1.82) is 0 Å². The maximum Gasteiger partial charge on any atom is 0.352 e. The molecule has 0 atom stereocenters. The van der Waals surface area contributed by atoms with Crippen LogP contribution < -0.4 is 10.1 Å². The van der Waals surface area contributed by atoms with E-state index in [4.69, 9.17) is 4.74 Å². The fourth-order valence-corrected chi connectivity index (χ4v) is 3.27. The minimum Gasteiger partial charge on any atom is -0.477 e. The van der Waals surface area contributed by atoms with Crippen molar-refractivity contribution in [2.24, 2.45) is 0 Å². The van der Waals surface area contributed by atoms with Gasteiger partial charge in [-0.2, -0.15) is 0 Å². The number of carbonyl (C=O) groups excluding carboxylic acids is 1. The van der Waals surface area contributed by atoms with Crippen molar-refractivity contribution in [3.8, 4) is 22.6 Å². The van der Waals surface area contributed by atoms with Gasteiger partial charge in [0.1, 0.15) is 17.2 Å². The first-order valence-corrected chi connectivity index (χ1v) is 10.3. The molecule has 0 saturated heterocycles. The molecule has 0 aliphatic rings. The molecule has 1 amide bonds. The molecule has 0 bridgehead atoms. The molecule has 0 aliphatic heterocycles. The van der Waals surface area contributed by atoms with Crippen molar-refractivity contribution in [2.45, 2.75) is 0 Å². The Hall–Kier alpha value is -4.64.